The third kappa shape index (κ3) is 2.90. The quantitative estimate of drug-likeness (QED) is 0.552. The zero-order chi connectivity index (χ0) is 16.5. The first-order chi connectivity index (χ1) is 11.8. The van der Waals surface area contributed by atoms with Crippen molar-refractivity contribution < 1.29 is 5.11 Å². The van der Waals surface area contributed by atoms with Crippen molar-refractivity contribution in [3.05, 3.63) is 45.1 Å². The van der Waals surface area contributed by atoms with E-state index >= 15 is 0 Å². The number of H-pyrrole nitrogens is 1. The molecule has 0 aliphatic heterocycles. The predicted octanol–water partition coefficient (Wildman–Crippen LogP) is 3.61. The van der Waals surface area contributed by atoms with E-state index in [9.17, 15) is 4.79 Å². The van der Waals surface area contributed by atoms with Crippen LogP contribution in [-0.2, 0) is 12.8 Å². The minimum Gasteiger partial charge on any atom is -0.396 e. The van der Waals surface area contributed by atoms with Crippen molar-refractivity contribution in [2.24, 2.45) is 0 Å². The minimum atomic E-state index is -0.102. The van der Waals surface area contributed by atoms with Gasteiger partial charge in [-0.05, 0) is 42.4 Å². The molecule has 4 rings (SSSR count). The Morgan fingerprint density at radius 2 is 2.08 bits per heavy atom. The molecule has 1 aromatic carbocycles. The van der Waals surface area contributed by atoms with E-state index in [4.69, 9.17) is 5.11 Å². The SMILES string of the molecule is O=c1[nH]c(SCCO)nc2scc(-c3ccc4c(c3)CCCC4)c12. The van der Waals surface area contributed by atoms with Gasteiger partial charge in [0.25, 0.3) is 5.56 Å². The topological polar surface area (TPSA) is 66.0 Å². The van der Waals surface area contributed by atoms with Gasteiger partial charge in [0.15, 0.2) is 5.16 Å². The first-order valence-electron chi connectivity index (χ1n) is 8.13. The second kappa shape index (κ2) is 6.70. The molecular formula is C18H18N2O2S2. The van der Waals surface area contributed by atoms with E-state index in [0.717, 1.165) is 28.8 Å². The van der Waals surface area contributed by atoms with Crippen molar-refractivity contribution in [2.45, 2.75) is 30.8 Å². The fourth-order valence-corrected chi connectivity index (χ4v) is 4.86. The summed E-state index contributed by atoms with van der Waals surface area (Å²) in [6.07, 6.45) is 4.80. The molecule has 0 saturated carbocycles. The van der Waals surface area contributed by atoms with E-state index < -0.39 is 0 Å². The van der Waals surface area contributed by atoms with Gasteiger partial charge in [0.1, 0.15) is 4.83 Å². The molecule has 0 spiro atoms. The van der Waals surface area contributed by atoms with Crippen molar-refractivity contribution in [2.75, 3.05) is 12.4 Å². The summed E-state index contributed by atoms with van der Waals surface area (Å²) in [5, 5.41) is 12.2. The molecule has 0 radical (unpaired) electrons. The summed E-state index contributed by atoms with van der Waals surface area (Å²) in [5.74, 6) is 0.525. The number of nitrogens with one attached hydrogen (secondary N) is 1. The molecular weight excluding hydrogens is 340 g/mol. The summed E-state index contributed by atoms with van der Waals surface area (Å²) < 4.78 is 0. The van der Waals surface area contributed by atoms with Gasteiger partial charge in [-0.3, -0.25) is 4.79 Å². The van der Waals surface area contributed by atoms with Crippen LogP contribution in [0.4, 0.5) is 0 Å². The molecule has 0 amide bonds. The van der Waals surface area contributed by atoms with Crippen molar-refractivity contribution in [3.8, 4) is 11.1 Å². The van der Waals surface area contributed by atoms with Gasteiger partial charge in [-0.25, -0.2) is 4.98 Å². The van der Waals surface area contributed by atoms with Crippen molar-refractivity contribution in [1.29, 1.82) is 0 Å². The van der Waals surface area contributed by atoms with E-state index in [-0.39, 0.29) is 12.2 Å². The van der Waals surface area contributed by atoms with Crippen LogP contribution >= 0.6 is 23.1 Å². The van der Waals surface area contributed by atoms with Gasteiger partial charge in [-0.1, -0.05) is 30.0 Å². The molecule has 124 valence electrons. The number of thiophene rings is 1. The van der Waals surface area contributed by atoms with Crippen molar-refractivity contribution in [3.63, 3.8) is 0 Å². The van der Waals surface area contributed by atoms with Crippen LogP contribution in [0.2, 0.25) is 0 Å². The van der Waals surface area contributed by atoms with Crippen LogP contribution in [0.5, 0.6) is 0 Å². The average Bonchev–Trinajstić information content (AvgIpc) is 3.04. The smallest absolute Gasteiger partial charge is 0.260 e. The molecule has 0 unspecified atom stereocenters. The van der Waals surface area contributed by atoms with E-state index in [1.807, 2.05) is 5.38 Å². The summed E-state index contributed by atoms with van der Waals surface area (Å²) >= 11 is 2.86. The van der Waals surface area contributed by atoms with Gasteiger partial charge < -0.3 is 10.1 Å². The zero-order valence-electron chi connectivity index (χ0n) is 13.2. The summed E-state index contributed by atoms with van der Waals surface area (Å²) in [7, 11) is 0. The number of hydrogen-bond acceptors (Lipinski definition) is 5. The molecule has 4 nitrogen and oxygen atoms in total. The Morgan fingerprint density at radius 1 is 1.25 bits per heavy atom. The highest BCUT2D eigenvalue weighted by Gasteiger charge is 2.15. The largest absolute Gasteiger partial charge is 0.396 e. The van der Waals surface area contributed by atoms with E-state index in [2.05, 4.69) is 28.2 Å². The standard InChI is InChI=1S/C18H18N2O2S2/c21-7-8-23-18-19-16(22)15-14(10-24-17(15)20-18)13-6-5-11-3-1-2-4-12(11)9-13/h5-6,9-10,21H,1-4,7-8H2,(H,19,20,22). The number of rotatable bonds is 4. The van der Waals surface area contributed by atoms with Gasteiger partial charge >= 0.3 is 0 Å². The normalized spacial score (nSPS) is 14.0. The lowest BCUT2D eigenvalue weighted by Gasteiger charge is -2.16. The summed E-state index contributed by atoms with van der Waals surface area (Å²) in [6.45, 7) is 0.0667. The summed E-state index contributed by atoms with van der Waals surface area (Å²) in [4.78, 5) is 20.7. The van der Waals surface area contributed by atoms with Crippen LogP contribution in [0.3, 0.4) is 0 Å². The number of hydrogen-bond donors (Lipinski definition) is 2. The maximum atomic E-state index is 12.5. The molecule has 0 saturated heterocycles. The van der Waals surface area contributed by atoms with E-state index in [1.165, 1.54) is 47.1 Å². The minimum absolute atomic E-state index is 0.0667. The van der Waals surface area contributed by atoms with Gasteiger partial charge in [-0.2, -0.15) is 0 Å². The van der Waals surface area contributed by atoms with Crippen LogP contribution in [0.25, 0.3) is 21.3 Å². The van der Waals surface area contributed by atoms with Crippen LogP contribution in [0.15, 0.2) is 33.5 Å². The number of aromatic amines is 1. The van der Waals surface area contributed by atoms with E-state index in [0.29, 0.717) is 16.3 Å². The number of nitrogens with zero attached hydrogens (tertiary/aromatic N) is 1. The Kier molecular flexibility index (Phi) is 4.43. The van der Waals surface area contributed by atoms with Crippen LogP contribution in [-0.4, -0.2) is 27.4 Å². The molecule has 24 heavy (non-hydrogen) atoms. The number of aryl methyl sites for hydroxylation is 2. The van der Waals surface area contributed by atoms with Gasteiger partial charge in [0.05, 0.1) is 12.0 Å². The lowest BCUT2D eigenvalue weighted by molar-refractivity contribution is 0.322. The Hall–Kier alpha value is -1.63. The average molecular weight is 358 g/mol. The summed E-state index contributed by atoms with van der Waals surface area (Å²) in [6, 6.07) is 6.57. The fourth-order valence-electron chi connectivity index (χ4n) is 3.25. The van der Waals surface area contributed by atoms with Crippen molar-refractivity contribution in [1.82, 2.24) is 9.97 Å². The molecule has 2 aromatic heterocycles. The van der Waals surface area contributed by atoms with Gasteiger partial charge in [0.2, 0.25) is 0 Å². The first kappa shape index (κ1) is 15.9. The predicted molar refractivity (Wildman–Crippen MR) is 100 cm³/mol. The Labute approximate surface area is 148 Å². The highest BCUT2D eigenvalue weighted by Crippen LogP contribution is 2.34. The van der Waals surface area contributed by atoms with Crippen molar-refractivity contribution >= 4 is 33.3 Å². The third-order valence-electron chi connectivity index (χ3n) is 4.41. The molecule has 0 bridgehead atoms. The number of aromatic nitrogens is 2. The number of benzene rings is 1. The van der Waals surface area contributed by atoms with Gasteiger partial charge in [-0.15, -0.1) is 11.3 Å². The lowest BCUT2D eigenvalue weighted by atomic mass is 9.89. The molecule has 1 aliphatic carbocycles. The Morgan fingerprint density at radius 3 is 2.92 bits per heavy atom. The summed E-state index contributed by atoms with van der Waals surface area (Å²) in [5.41, 5.74) is 4.83. The molecule has 6 heteroatoms. The Balaban J connectivity index is 1.79. The number of aliphatic hydroxyl groups is 1. The third-order valence-corrected chi connectivity index (χ3v) is 6.14. The van der Waals surface area contributed by atoms with Crippen LogP contribution in [0.1, 0.15) is 24.0 Å². The molecule has 0 atom stereocenters. The second-order valence-corrected chi connectivity index (χ2v) is 7.90. The molecule has 0 fully saturated rings. The lowest BCUT2D eigenvalue weighted by Crippen LogP contribution is -2.09. The number of fused-ring (bicyclic) bond motifs is 2. The molecule has 1 aliphatic rings. The second-order valence-electron chi connectivity index (χ2n) is 5.96. The molecule has 2 heterocycles. The van der Waals surface area contributed by atoms with Gasteiger partial charge in [0, 0.05) is 16.7 Å². The highest BCUT2D eigenvalue weighted by atomic mass is 32.2. The monoisotopic (exact) mass is 358 g/mol. The zero-order valence-corrected chi connectivity index (χ0v) is 14.8. The Bertz CT molecular complexity index is 946. The maximum absolute atomic E-state index is 12.5. The van der Waals surface area contributed by atoms with Crippen LogP contribution < -0.4 is 5.56 Å². The van der Waals surface area contributed by atoms with Crippen LogP contribution in [0, 0.1) is 0 Å². The van der Waals surface area contributed by atoms with E-state index in [1.54, 1.807) is 0 Å². The molecule has 3 aromatic rings. The maximum Gasteiger partial charge on any atom is 0.260 e. The first-order valence-corrected chi connectivity index (χ1v) is 10.00. The molecule has 2 N–H and O–H groups in total. The number of thioether (sulfide) groups is 1. The number of aliphatic hydroxyl groups excluding tert-OH is 1. The fraction of sp³-hybridized carbons (Fsp3) is 0.333. The highest BCUT2D eigenvalue weighted by molar-refractivity contribution is 7.99.